The summed E-state index contributed by atoms with van der Waals surface area (Å²) in [5, 5.41) is 9.32. The van der Waals surface area contributed by atoms with Crippen molar-refractivity contribution in [3.05, 3.63) is 28.8 Å². The Bertz CT molecular complexity index is 379. The first kappa shape index (κ1) is 12.8. The van der Waals surface area contributed by atoms with Crippen LogP contribution < -0.4 is 5.73 Å². The highest BCUT2D eigenvalue weighted by Crippen LogP contribution is 2.22. The standard InChI is InChI=1S/C11H14ClNO3/c1-7(14)5-6-16-11(15)8-3-2-4-9(12)10(8)13/h2-4,7,14H,5-6,13H2,1H3. The van der Waals surface area contributed by atoms with Crippen LogP contribution in [-0.4, -0.2) is 23.8 Å². The van der Waals surface area contributed by atoms with Gasteiger partial charge < -0.3 is 15.6 Å². The molecule has 16 heavy (non-hydrogen) atoms. The van der Waals surface area contributed by atoms with Crippen molar-refractivity contribution in [3.63, 3.8) is 0 Å². The van der Waals surface area contributed by atoms with Gasteiger partial charge in [-0.2, -0.15) is 0 Å². The molecule has 5 heteroatoms. The molecule has 88 valence electrons. The minimum atomic E-state index is -0.527. The van der Waals surface area contributed by atoms with Gasteiger partial charge in [0.05, 0.1) is 29.0 Å². The average Bonchev–Trinajstić information content (AvgIpc) is 2.21. The smallest absolute Gasteiger partial charge is 0.340 e. The highest BCUT2D eigenvalue weighted by molar-refractivity contribution is 6.33. The number of halogens is 1. The summed E-state index contributed by atoms with van der Waals surface area (Å²) in [6.45, 7) is 1.78. The van der Waals surface area contributed by atoms with Gasteiger partial charge in [0.2, 0.25) is 0 Å². The van der Waals surface area contributed by atoms with E-state index in [1.54, 1.807) is 25.1 Å². The minimum absolute atomic E-state index is 0.155. The first-order valence-corrected chi connectivity index (χ1v) is 5.29. The second-order valence-corrected chi connectivity index (χ2v) is 3.88. The molecule has 0 spiro atoms. The zero-order valence-corrected chi connectivity index (χ0v) is 9.70. The maximum atomic E-state index is 11.6. The van der Waals surface area contributed by atoms with Gasteiger partial charge in [-0.1, -0.05) is 17.7 Å². The van der Waals surface area contributed by atoms with Crippen LogP contribution in [0.4, 0.5) is 5.69 Å². The molecule has 0 aliphatic heterocycles. The van der Waals surface area contributed by atoms with Crippen molar-refractivity contribution in [1.29, 1.82) is 0 Å². The maximum absolute atomic E-state index is 11.6. The zero-order valence-electron chi connectivity index (χ0n) is 8.94. The first-order chi connectivity index (χ1) is 7.52. The Morgan fingerprint density at radius 2 is 2.31 bits per heavy atom. The number of nitrogen functional groups attached to an aromatic ring is 1. The van der Waals surface area contributed by atoms with Crippen LogP contribution in [0.25, 0.3) is 0 Å². The highest BCUT2D eigenvalue weighted by Gasteiger charge is 2.13. The predicted molar refractivity (Wildman–Crippen MR) is 62.4 cm³/mol. The number of anilines is 1. The summed E-state index contributed by atoms with van der Waals surface area (Å²) in [6.07, 6.45) is -0.101. The molecule has 0 bridgehead atoms. The number of rotatable bonds is 4. The normalized spacial score (nSPS) is 12.2. The fourth-order valence-electron chi connectivity index (χ4n) is 1.11. The van der Waals surface area contributed by atoms with E-state index in [1.165, 1.54) is 0 Å². The minimum Gasteiger partial charge on any atom is -0.462 e. The second-order valence-electron chi connectivity index (χ2n) is 3.47. The van der Waals surface area contributed by atoms with Gasteiger partial charge in [0.25, 0.3) is 0 Å². The summed E-state index contributed by atoms with van der Waals surface area (Å²) < 4.78 is 4.94. The van der Waals surface area contributed by atoms with Crippen molar-refractivity contribution >= 4 is 23.3 Å². The van der Waals surface area contributed by atoms with Gasteiger partial charge in [0, 0.05) is 6.42 Å². The number of benzene rings is 1. The van der Waals surface area contributed by atoms with Crippen LogP contribution in [0.2, 0.25) is 5.02 Å². The van der Waals surface area contributed by atoms with E-state index in [-0.39, 0.29) is 17.9 Å². The van der Waals surface area contributed by atoms with Gasteiger partial charge >= 0.3 is 5.97 Å². The number of carbonyl (C=O) groups is 1. The quantitative estimate of drug-likeness (QED) is 0.625. The van der Waals surface area contributed by atoms with Crippen LogP contribution in [0.1, 0.15) is 23.7 Å². The Kier molecular flexibility index (Phi) is 4.58. The number of carbonyl (C=O) groups excluding carboxylic acids is 1. The molecule has 0 heterocycles. The number of aliphatic hydroxyl groups excluding tert-OH is 1. The van der Waals surface area contributed by atoms with Crippen molar-refractivity contribution in [1.82, 2.24) is 0 Å². The van der Waals surface area contributed by atoms with E-state index in [2.05, 4.69) is 0 Å². The third kappa shape index (κ3) is 3.40. The van der Waals surface area contributed by atoms with E-state index in [1.807, 2.05) is 0 Å². The monoisotopic (exact) mass is 243 g/mol. The summed E-state index contributed by atoms with van der Waals surface area (Å²) in [7, 11) is 0. The van der Waals surface area contributed by atoms with E-state index < -0.39 is 12.1 Å². The Labute approximate surface area is 99.0 Å². The molecule has 1 rings (SSSR count). The van der Waals surface area contributed by atoms with Crippen molar-refractivity contribution in [2.45, 2.75) is 19.4 Å². The number of hydrogen-bond donors (Lipinski definition) is 2. The lowest BCUT2D eigenvalue weighted by Gasteiger charge is -2.08. The third-order valence-corrected chi connectivity index (χ3v) is 2.37. The summed E-state index contributed by atoms with van der Waals surface area (Å²) in [5.74, 6) is -0.527. The molecule has 0 aliphatic carbocycles. The summed E-state index contributed by atoms with van der Waals surface area (Å²) in [6, 6.07) is 4.78. The van der Waals surface area contributed by atoms with E-state index in [0.29, 0.717) is 11.4 Å². The number of aliphatic hydroxyl groups is 1. The molecule has 0 radical (unpaired) electrons. The Morgan fingerprint density at radius 1 is 1.62 bits per heavy atom. The fraction of sp³-hybridized carbons (Fsp3) is 0.364. The lowest BCUT2D eigenvalue weighted by molar-refractivity contribution is 0.0445. The number of esters is 1. The van der Waals surface area contributed by atoms with Crippen LogP contribution in [0.5, 0.6) is 0 Å². The van der Waals surface area contributed by atoms with Crippen molar-refractivity contribution in [3.8, 4) is 0 Å². The molecular weight excluding hydrogens is 230 g/mol. The molecule has 0 saturated carbocycles. The molecule has 1 atom stereocenters. The van der Waals surface area contributed by atoms with Crippen LogP contribution in [0, 0.1) is 0 Å². The number of para-hydroxylation sites is 1. The third-order valence-electron chi connectivity index (χ3n) is 2.04. The largest absolute Gasteiger partial charge is 0.462 e. The molecule has 0 saturated heterocycles. The maximum Gasteiger partial charge on any atom is 0.340 e. The van der Waals surface area contributed by atoms with Crippen LogP contribution in [-0.2, 0) is 4.74 Å². The number of ether oxygens (including phenoxy) is 1. The first-order valence-electron chi connectivity index (χ1n) is 4.91. The molecule has 1 unspecified atom stereocenters. The van der Waals surface area contributed by atoms with Gasteiger partial charge in [-0.3, -0.25) is 0 Å². The van der Waals surface area contributed by atoms with E-state index in [9.17, 15) is 4.79 Å². The highest BCUT2D eigenvalue weighted by atomic mass is 35.5. The topological polar surface area (TPSA) is 72.5 Å². The van der Waals surface area contributed by atoms with Gasteiger partial charge in [-0.25, -0.2) is 4.79 Å². The number of hydrogen-bond acceptors (Lipinski definition) is 4. The summed E-state index contributed by atoms with van der Waals surface area (Å²) >= 11 is 5.77. The average molecular weight is 244 g/mol. The van der Waals surface area contributed by atoms with Gasteiger partial charge in [-0.05, 0) is 19.1 Å². The molecule has 4 nitrogen and oxygen atoms in total. The zero-order chi connectivity index (χ0) is 12.1. The Hall–Kier alpha value is -1.26. The van der Waals surface area contributed by atoms with E-state index in [0.717, 1.165) is 0 Å². The van der Waals surface area contributed by atoms with Gasteiger partial charge in [0.1, 0.15) is 0 Å². The molecule has 0 aromatic heterocycles. The van der Waals surface area contributed by atoms with Crippen molar-refractivity contribution in [2.24, 2.45) is 0 Å². The Balaban J connectivity index is 2.63. The van der Waals surface area contributed by atoms with Crippen molar-refractivity contribution in [2.75, 3.05) is 12.3 Å². The molecule has 0 aliphatic rings. The molecule has 3 N–H and O–H groups in total. The van der Waals surface area contributed by atoms with E-state index >= 15 is 0 Å². The second kappa shape index (κ2) is 5.72. The lowest BCUT2D eigenvalue weighted by Crippen LogP contribution is -2.12. The fourth-order valence-corrected chi connectivity index (χ4v) is 1.29. The molecule has 0 fully saturated rings. The van der Waals surface area contributed by atoms with Crippen LogP contribution >= 0.6 is 11.6 Å². The van der Waals surface area contributed by atoms with Crippen LogP contribution in [0.3, 0.4) is 0 Å². The summed E-state index contributed by atoms with van der Waals surface area (Å²) in [4.78, 5) is 11.6. The van der Waals surface area contributed by atoms with Crippen molar-refractivity contribution < 1.29 is 14.6 Å². The van der Waals surface area contributed by atoms with Crippen LogP contribution in [0.15, 0.2) is 18.2 Å². The predicted octanol–water partition coefficient (Wildman–Crippen LogP) is 1.85. The summed E-state index contributed by atoms with van der Waals surface area (Å²) in [5.41, 5.74) is 6.10. The Morgan fingerprint density at radius 3 is 2.94 bits per heavy atom. The SMILES string of the molecule is CC(O)CCOC(=O)c1cccc(Cl)c1N. The van der Waals surface area contributed by atoms with Gasteiger partial charge in [-0.15, -0.1) is 0 Å². The number of nitrogens with two attached hydrogens (primary N) is 1. The molecule has 1 aromatic carbocycles. The lowest BCUT2D eigenvalue weighted by atomic mass is 10.2. The molecule has 1 aromatic rings. The van der Waals surface area contributed by atoms with Gasteiger partial charge in [0.15, 0.2) is 0 Å². The molecule has 0 amide bonds. The van der Waals surface area contributed by atoms with E-state index in [4.69, 9.17) is 27.2 Å². The molecular formula is C11H14ClNO3.